The Balaban J connectivity index is 1.98. The number of carbonyl (C=O) groups excluding carboxylic acids is 1. The van der Waals surface area contributed by atoms with Crippen LogP contribution in [0, 0.1) is 13.8 Å². The molecule has 1 aliphatic rings. The van der Waals surface area contributed by atoms with Crippen molar-refractivity contribution in [3.05, 3.63) is 23.0 Å². The van der Waals surface area contributed by atoms with Crippen LogP contribution in [-0.4, -0.2) is 23.6 Å². The molecule has 1 unspecified atom stereocenters. The fourth-order valence-corrected chi connectivity index (χ4v) is 2.60. The lowest BCUT2D eigenvalue weighted by molar-refractivity contribution is 0.00868. The third-order valence-corrected chi connectivity index (χ3v) is 3.69. The third-order valence-electron chi connectivity index (χ3n) is 3.69. The highest BCUT2D eigenvalue weighted by atomic mass is 16.5. The summed E-state index contributed by atoms with van der Waals surface area (Å²) >= 11 is 0. The van der Waals surface area contributed by atoms with E-state index in [1.807, 2.05) is 13.0 Å². The summed E-state index contributed by atoms with van der Waals surface area (Å²) in [7, 11) is 0. The lowest BCUT2D eigenvalue weighted by Gasteiger charge is -2.23. The van der Waals surface area contributed by atoms with E-state index < -0.39 is 0 Å². The second kappa shape index (κ2) is 5.50. The number of rotatable bonds is 4. The predicted octanol–water partition coefficient (Wildman–Crippen LogP) is 2.88. The van der Waals surface area contributed by atoms with Crippen molar-refractivity contribution in [3.8, 4) is 0 Å². The minimum atomic E-state index is 0.407. The average Bonchev–Trinajstić information content (AvgIpc) is 2.63. The summed E-state index contributed by atoms with van der Waals surface area (Å²) in [6, 6.07) is 1.96. The van der Waals surface area contributed by atoms with Crippen molar-refractivity contribution < 1.29 is 9.53 Å². The number of ether oxygens (including phenoxy) is 1. The van der Waals surface area contributed by atoms with Crippen LogP contribution < -0.4 is 0 Å². The third kappa shape index (κ3) is 2.78. The van der Waals surface area contributed by atoms with Gasteiger partial charge in [-0.1, -0.05) is 0 Å². The average molecular weight is 235 g/mol. The summed E-state index contributed by atoms with van der Waals surface area (Å²) < 4.78 is 7.95. The van der Waals surface area contributed by atoms with Gasteiger partial charge >= 0.3 is 0 Å². The molecule has 0 saturated carbocycles. The van der Waals surface area contributed by atoms with Crippen LogP contribution in [-0.2, 0) is 11.3 Å². The van der Waals surface area contributed by atoms with Crippen LogP contribution in [0.4, 0.5) is 0 Å². The molecule has 2 heterocycles. The van der Waals surface area contributed by atoms with E-state index in [0.717, 1.165) is 37.1 Å². The van der Waals surface area contributed by atoms with Crippen molar-refractivity contribution >= 4 is 6.29 Å². The van der Waals surface area contributed by atoms with Crippen molar-refractivity contribution in [2.45, 2.75) is 52.2 Å². The van der Waals surface area contributed by atoms with Crippen LogP contribution in [0.5, 0.6) is 0 Å². The Kier molecular flexibility index (Phi) is 4.00. The summed E-state index contributed by atoms with van der Waals surface area (Å²) in [6.45, 7) is 5.93. The van der Waals surface area contributed by atoms with Gasteiger partial charge in [0.05, 0.1) is 6.10 Å². The van der Waals surface area contributed by atoms with Gasteiger partial charge in [-0.05, 0) is 45.6 Å². The highest BCUT2D eigenvalue weighted by Crippen LogP contribution is 2.19. The summed E-state index contributed by atoms with van der Waals surface area (Å²) in [5.74, 6) is 0. The van der Waals surface area contributed by atoms with E-state index in [1.165, 1.54) is 25.0 Å². The molecule has 1 aromatic rings. The molecule has 2 rings (SSSR count). The second-order valence-corrected chi connectivity index (χ2v) is 4.87. The number of hydrogen-bond donors (Lipinski definition) is 0. The normalized spacial score (nSPS) is 20.5. The van der Waals surface area contributed by atoms with Gasteiger partial charge in [0.1, 0.15) is 0 Å². The van der Waals surface area contributed by atoms with Gasteiger partial charge in [0.25, 0.3) is 0 Å². The maximum absolute atomic E-state index is 10.9. The molecule has 0 radical (unpaired) electrons. The predicted molar refractivity (Wildman–Crippen MR) is 67.5 cm³/mol. The molecule has 0 N–H and O–H groups in total. The zero-order chi connectivity index (χ0) is 12.3. The van der Waals surface area contributed by atoms with Gasteiger partial charge in [-0.15, -0.1) is 0 Å². The maximum Gasteiger partial charge on any atom is 0.151 e. The van der Waals surface area contributed by atoms with Crippen LogP contribution >= 0.6 is 0 Å². The molecule has 94 valence electrons. The van der Waals surface area contributed by atoms with E-state index in [9.17, 15) is 4.79 Å². The molecule has 0 aliphatic carbocycles. The molecular weight excluding hydrogens is 214 g/mol. The largest absolute Gasteiger partial charge is 0.378 e. The highest BCUT2D eigenvalue weighted by Gasteiger charge is 2.15. The van der Waals surface area contributed by atoms with E-state index in [0.29, 0.717) is 6.10 Å². The molecule has 1 atom stereocenters. The van der Waals surface area contributed by atoms with E-state index in [2.05, 4.69) is 11.5 Å². The number of aryl methyl sites for hydroxylation is 1. The second-order valence-electron chi connectivity index (χ2n) is 4.87. The van der Waals surface area contributed by atoms with E-state index in [1.54, 1.807) is 0 Å². The van der Waals surface area contributed by atoms with Crippen molar-refractivity contribution in [2.24, 2.45) is 0 Å². The molecule has 1 saturated heterocycles. The first kappa shape index (κ1) is 12.4. The Morgan fingerprint density at radius 3 is 2.88 bits per heavy atom. The molecule has 17 heavy (non-hydrogen) atoms. The van der Waals surface area contributed by atoms with Crippen molar-refractivity contribution in [2.75, 3.05) is 6.61 Å². The number of nitrogens with zero attached hydrogens (tertiary/aromatic N) is 1. The molecular formula is C14H21NO2. The van der Waals surface area contributed by atoms with Crippen LogP contribution in [0.15, 0.2) is 6.07 Å². The highest BCUT2D eigenvalue weighted by molar-refractivity contribution is 5.77. The Morgan fingerprint density at radius 1 is 1.47 bits per heavy atom. The standard InChI is InChI=1S/C14H21NO2/c1-11-9-13(10-16)12(2)15(11)7-6-14-5-3-4-8-17-14/h9-10,14H,3-8H2,1-2H3. The molecule has 3 heteroatoms. The first-order chi connectivity index (χ1) is 8.22. The summed E-state index contributed by atoms with van der Waals surface area (Å²) in [5, 5.41) is 0. The first-order valence-corrected chi connectivity index (χ1v) is 6.46. The van der Waals surface area contributed by atoms with Gasteiger partial charge in [-0.2, -0.15) is 0 Å². The Hall–Kier alpha value is -1.09. The monoisotopic (exact) mass is 235 g/mol. The van der Waals surface area contributed by atoms with Gasteiger partial charge < -0.3 is 9.30 Å². The molecule has 1 fully saturated rings. The van der Waals surface area contributed by atoms with Crippen LogP contribution in [0.25, 0.3) is 0 Å². The fourth-order valence-electron chi connectivity index (χ4n) is 2.60. The SMILES string of the molecule is Cc1cc(C=O)c(C)n1CCC1CCCCO1. The van der Waals surface area contributed by atoms with Crippen LogP contribution in [0.2, 0.25) is 0 Å². The minimum absolute atomic E-state index is 0.407. The van der Waals surface area contributed by atoms with Crippen molar-refractivity contribution in [3.63, 3.8) is 0 Å². The van der Waals surface area contributed by atoms with E-state index in [-0.39, 0.29) is 0 Å². The lowest BCUT2D eigenvalue weighted by Crippen LogP contribution is -2.21. The van der Waals surface area contributed by atoms with Gasteiger partial charge in [-0.25, -0.2) is 0 Å². The molecule has 1 aliphatic heterocycles. The van der Waals surface area contributed by atoms with Gasteiger partial charge in [0.15, 0.2) is 6.29 Å². The molecule has 1 aromatic heterocycles. The van der Waals surface area contributed by atoms with Gasteiger partial charge in [-0.3, -0.25) is 4.79 Å². The first-order valence-electron chi connectivity index (χ1n) is 6.46. The molecule has 0 spiro atoms. The number of carbonyl (C=O) groups is 1. The topological polar surface area (TPSA) is 31.2 Å². The zero-order valence-electron chi connectivity index (χ0n) is 10.7. The Bertz CT molecular complexity index is 389. The fraction of sp³-hybridized carbons (Fsp3) is 0.643. The molecule has 3 nitrogen and oxygen atoms in total. The molecule has 0 bridgehead atoms. The molecule has 0 amide bonds. The lowest BCUT2D eigenvalue weighted by atomic mass is 10.1. The van der Waals surface area contributed by atoms with Crippen LogP contribution in [0.1, 0.15) is 47.4 Å². The summed E-state index contributed by atoms with van der Waals surface area (Å²) in [6.07, 6.45) is 6.07. The molecule has 0 aromatic carbocycles. The number of aldehydes is 1. The summed E-state index contributed by atoms with van der Waals surface area (Å²) in [4.78, 5) is 10.9. The van der Waals surface area contributed by atoms with Gasteiger partial charge in [0.2, 0.25) is 0 Å². The quantitative estimate of drug-likeness (QED) is 0.751. The Labute approximate surface area is 103 Å². The van der Waals surface area contributed by atoms with Crippen LogP contribution in [0.3, 0.4) is 0 Å². The van der Waals surface area contributed by atoms with Crippen molar-refractivity contribution in [1.29, 1.82) is 0 Å². The maximum atomic E-state index is 10.9. The van der Waals surface area contributed by atoms with E-state index >= 15 is 0 Å². The smallest absolute Gasteiger partial charge is 0.151 e. The Morgan fingerprint density at radius 2 is 2.29 bits per heavy atom. The van der Waals surface area contributed by atoms with Gasteiger partial charge in [0, 0.05) is 30.1 Å². The number of hydrogen-bond acceptors (Lipinski definition) is 2. The zero-order valence-corrected chi connectivity index (χ0v) is 10.7. The van der Waals surface area contributed by atoms with E-state index in [4.69, 9.17) is 4.74 Å². The number of aromatic nitrogens is 1. The minimum Gasteiger partial charge on any atom is -0.378 e. The summed E-state index contributed by atoms with van der Waals surface area (Å²) in [5.41, 5.74) is 3.06. The van der Waals surface area contributed by atoms with Crippen molar-refractivity contribution in [1.82, 2.24) is 4.57 Å².